The summed E-state index contributed by atoms with van der Waals surface area (Å²) in [6, 6.07) is 57.2. The highest BCUT2D eigenvalue weighted by Gasteiger charge is 2.47. The first kappa shape index (κ1) is 21.6. The van der Waals surface area contributed by atoms with Gasteiger partial charge in [-0.1, -0.05) is 178 Å². The Morgan fingerprint density at radius 3 is 1.12 bits per heavy atom. The lowest BCUT2D eigenvalue weighted by molar-refractivity contribution is 1.70. The Kier molecular flexibility index (Phi) is 6.63. The van der Waals surface area contributed by atoms with Crippen LogP contribution in [0.5, 0.6) is 0 Å². The van der Waals surface area contributed by atoms with Crippen LogP contribution in [0.4, 0.5) is 0 Å². The molecule has 0 fully saturated rings. The third-order valence-electron chi connectivity index (χ3n) is 6.69. The topological polar surface area (TPSA) is 0 Å². The molecule has 0 amide bonds. The maximum Gasteiger partial charge on any atom is 0.138 e. The second-order valence-corrected chi connectivity index (χ2v) is 25.7. The summed E-state index contributed by atoms with van der Waals surface area (Å²) in [5.74, 6) is 0. The molecule has 0 saturated carbocycles. The molecule has 0 nitrogen and oxygen atoms in total. The van der Waals surface area contributed by atoms with Crippen LogP contribution in [0.25, 0.3) is 0 Å². The maximum absolute atomic E-state index is 2.42. The summed E-state index contributed by atoms with van der Waals surface area (Å²) in [7, 11) is -4.28. The Hall–Kier alpha value is -3.25. The van der Waals surface area contributed by atoms with E-state index in [1.54, 1.807) is 25.9 Å². The lowest BCUT2D eigenvalue weighted by Crippen LogP contribution is -2.81. The SMILES string of the molecule is c1ccc([SiH2][SiH](c2ccccc2)[Si](c2ccccc2)(c2ccccc2)c2ccccc2)cc1. The second kappa shape index (κ2) is 10.1. The van der Waals surface area contributed by atoms with Crippen molar-refractivity contribution in [1.82, 2.24) is 0 Å². The first-order valence-corrected chi connectivity index (χ1v) is 20.0. The molecule has 0 spiro atoms. The number of hydrogen-bond donors (Lipinski definition) is 0. The van der Waals surface area contributed by atoms with Crippen molar-refractivity contribution in [3.8, 4) is 0 Å². The molecule has 0 heterocycles. The van der Waals surface area contributed by atoms with Crippen LogP contribution in [0.3, 0.4) is 0 Å². The zero-order valence-corrected chi connectivity index (χ0v) is 22.3. The van der Waals surface area contributed by atoms with Gasteiger partial charge in [-0.3, -0.25) is 0 Å². The van der Waals surface area contributed by atoms with Crippen molar-refractivity contribution in [2.45, 2.75) is 0 Å². The standard InChI is InChI=1S/C30H28Si3/c1-6-16-26(17-7-1)31-32(27-18-8-2-9-19-27)33(28-20-10-3-11-21-28,29-22-12-4-13-23-29)30-24-14-5-15-25-30/h1-25,32H,31H2. The van der Waals surface area contributed by atoms with Crippen LogP contribution in [0.1, 0.15) is 0 Å². The van der Waals surface area contributed by atoms with Crippen LogP contribution in [0.2, 0.25) is 0 Å². The Balaban J connectivity index is 1.86. The van der Waals surface area contributed by atoms with Crippen molar-refractivity contribution in [2.75, 3.05) is 0 Å². The summed E-state index contributed by atoms with van der Waals surface area (Å²) in [4.78, 5) is 0. The summed E-state index contributed by atoms with van der Waals surface area (Å²) in [6.07, 6.45) is 0. The van der Waals surface area contributed by atoms with E-state index in [1.807, 2.05) is 0 Å². The van der Waals surface area contributed by atoms with Crippen molar-refractivity contribution < 1.29 is 0 Å². The van der Waals surface area contributed by atoms with Gasteiger partial charge < -0.3 is 0 Å². The fourth-order valence-corrected chi connectivity index (χ4v) is 35.7. The van der Waals surface area contributed by atoms with Crippen molar-refractivity contribution in [1.29, 1.82) is 0 Å². The molecule has 0 aromatic heterocycles. The van der Waals surface area contributed by atoms with Gasteiger partial charge >= 0.3 is 0 Å². The van der Waals surface area contributed by atoms with E-state index in [0.29, 0.717) is 0 Å². The van der Waals surface area contributed by atoms with Crippen molar-refractivity contribution in [3.63, 3.8) is 0 Å². The predicted octanol–water partition coefficient (Wildman–Crippen LogP) is 2.36. The molecule has 1 atom stereocenters. The van der Waals surface area contributed by atoms with Gasteiger partial charge in [0.25, 0.3) is 0 Å². The summed E-state index contributed by atoms with van der Waals surface area (Å²) in [6.45, 7) is 0. The van der Waals surface area contributed by atoms with E-state index in [0.717, 1.165) is 0 Å². The van der Waals surface area contributed by atoms with Crippen molar-refractivity contribution in [2.24, 2.45) is 0 Å². The van der Waals surface area contributed by atoms with Crippen LogP contribution >= 0.6 is 0 Å². The van der Waals surface area contributed by atoms with E-state index >= 15 is 0 Å². The molecule has 0 aliphatic carbocycles. The van der Waals surface area contributed by atoms with Gasteiger partial charge in [-0.15, -0.1) is 0 Å². The smallest absolute Gasteiger partial charge is 0.0696 e. The minimum absolute atomic E-state index is 0.531. The lowest BCUT2D eigenvalue weighted by atomic mass is 10.3. The molecule has 5 aromatic rings. The zero-order chi connectivity index (χ0) is 22.3. The third kappa shape index (κ3) is 4.35. The van der Waals surface area contributed by atoms with Gasteiger partial charge in [0.15, 0.2) is 0 Å². The third-order valence-corrected chi connectivity index (χ3v) is 32.6. The zero-order valence-electron chi connectivity index (χ0n) is 18.7. The van der Waals surface area contributed by atoms with Crippen molar-refractivity contribution in [3.05, 3.63) is 152 Å². The molecule has 5 rings (SSSR count). The predicted molar refractivity (Wildman–Crippen MR) is 152 cm³/mol. The number of benzene rings is 5. The Bertz CT molecular complexity index is 1160. The Morgan fingerprint density at radius 1 is 0.394 bits per heavy atom. The van der Waals surface area contributed by atoms with Gasteiger partial charge in [0, 0.05) is 0 Å². The lowest BCUT2D eigenvalue weighted by Gasteiger charge is -2.40. The Morgan fingerprint density at radius 2 is 0.727 bits per heavy atom. The van der Waals surface area contributed by atoms with Crippen molar-refractivity contribution >= 4 is 50.4 Å². The van der Waals surface area contributed by atoms with E-state index in [-0.39, 0.29) is 0 Å². The average molecular weight is 473 g/mol. The van der Waals surface area contributed by atoms with Crippen LogP contribution in [0.15, 0.2) is 152 Å². The van der Waals surface area contributed by atoms with Gasteiger partial charge in [0.1, 0.15) is 7.59 Å². The van der Waals surface area contributed by atoms with Crippen LogP contribution in [0, 0.1) is 0 Å². The number of hydrogen-bond acceptors (Lipinski definition) is 0. The average Bonchev–Trinajstić information content (AvgIpc) is 2.91. The van der Waals surface area contributed by atoms with Gasteiger partial charge in [-0.05, 0) is 0 Å². The van der Waals surface area contributed by atoms with Gasteiger partial charge in [-0.2, -0.15) is 0 Å². The molecule has 0 saturated heterocycles. The second-order valence-electron chi connectivity index (χ2n) is 8.56. The van der Waals surface area contributed by atoms with E-state index in [1.165, 1.54) is 0 Å². The molecule has 0 bridgehead atoms. The highest BCUT2D eigenvalue weighted by Crippen LogP contribution is 2.12. The first-order valence-electron chi connectivity index (χ1n) is 11.6. The van der Waals surface area contributed by atoms with Gasteiger partial charge in [0.05, 0.1) is 16.9 Å². The largest absolute Gasteiger partial charge is 0.138 e. The normalized spacial score (nSPS) is 12.6. The molecular weight excluding hydrogens is 445 g/mol. The minimum Gasteiger partial charge on any atom is -0.0696 e. The summed E-state index contributed by atoms with van der Waals surface area (Å²) >= 11 is 0. The molecule has 33 heavy (non-hydrogen) atoms. The fraction of sp³-hybridized carbons (Fsp3) is 0. The molecule has 1 unspecified atom stereocenters. The van der Waals surface area contributed by atoms with Crippen LogP contribution in [-0.2, 0) is 0 Å². The summed E-state index contributed by atoms with van der Waals surface area (Å²) < 4.78 is 0. The quantitative estimate of drug-likeness (QED) is 0.252. The number of rotatable bonds is 7. The fourth-order valence-electron chi connectivity index (χ4n) is 5.26. The minimum atomic E-state index is -2.28. The molecule has 160 valence electrons. The monoisotopic (exact) mass is 472 g/mol. The van der Waals surface area contributed by atoms with Crippen LogP contribution in [-0.4, -0.2) is 24.5 Å². The first-order chi connectivity index (χ1) is 16.4. The summed E-state index contributed by atoms with van der Waals surface area (Å²) in [5, 5.41) is 7.83. The molecule has 0 aliphatic heterocycles. The van der Waals surface area contributed by atoms with Gasteiger partial charge in [-0.25, -0.2) is 0 Å². The van der Waals surface area contributed by atoms with E-state index < -0.39 is 24.5 Å². The molecule has 0 N–H and O–H groups in total. The molecule has 3 heteroatoms. The molecule has 5 aromatic carbocycles. The molecule has 0 radical (unpaired) electrons. The highest BCUT2D eigenvalue weighted by molar-refractivity contribution is 7.67. The van der Waals surface area contributed by atoms with Gasteiger partial charge in [0.2, 0.25) is 0 Å². The van der Waals surface area contributed by atoms with Crippen LogP contribution < -0.4 is 25.9 Å². The highest BCUT2D eigenvalue weighted by atomic mass is 29.6. The summed E-state index contributed by atoms with van der Waals surface area (Å²) in [5.41, 5.74) is 0. The maximum atomic E-state index is 2.42. The molecule has 0 aliphatic rings. The van der Waals surface area contributed by atoms with E-state index in [4.69, 9.17) is 0 Å². The Labute approximate surface area is 201 Å². The molecular formula is C30H28Si3. The van der Waals surface area contributed by atoms with E-state index in [9.17, 15) is 0 Å². The van der Waals surface area contributed by atoms with E-state index in [2.05, 4.69) is 152 Å².